The molecule has 1 heterocycles. The molecule has 1 aromatic carbocycles. The summed E-state index contributed by atoms with van der Waals surface area (Å²) in [6.45, 7) is 3.87. The summed E-state index contributed by atoms with van der Waals surface area (Å²) < 4.78 is 1.57. The van der Waals surface area contributed by atoms with Crippen LogP contribution < -0.4 is 5.32 Å². The Balaban J connectivity index is 2.19. The van der Waals surface area contributed by atoms with E-state index in [0.29, 0.717) is 29.2 Å². The molecule has 2 aromatic rings. The van der Waals surface area contributed by atoms with Crippen molar-refractivity contribution in [2.75, 3.05) is 6.54 Å². The molecule has 8 heteroatoms. The molecule has 1 atom stereocenters. The average molecular weight is 365 g/mol. The van der Waals surface area contributed by atoms with Gasteiger partial charge >= 0.3 is 5.97 Å². The van der Waals surface area contributed by atoms with Crippen molar-refractivity contribution in [1.82, 2.24) is 20.3 Å². The molecule has 1 aromatic heterocycles. The highest BCUT2D eigenvalue weighted by Crippen LogP contribution is 2.18. The van der Waals surface area contributed by atoms with E-state index in [-0.39, 0.29) is 12.2 Å². The molecule has 2 N–H and O–H groups in total. The lowest BCUT2D eigenvalue weighted by molar-refractivity contribution is -0.141. The Bertz CT molecular complexity index is 760. The number of nitrogens with zero attached hydrogens (tertiary/aromatic N) is 3. The van der Waals surface area contributed by atoms with Crippen LogP contribution in [0.3, 0.4) is 0 Å². The highest BCUT2D eigenvalue weighted by Gasteiger charge is 2.22. The number of halogens is 1. The maximum absolute atomic E-state index is 12.4. The fourth-order valence-electron chi connectivity index (χ4n) is 2.57. The molecule has 25 heavy (non-hydrogen) atoms. The van der Waals surface area contributed by atoms with Gasteiger partial charge in [0, 0.05) is 11.6 Å². The fourth-order valence-corrected chi connectivity index (χ4v) is 2.76. The van der Waals surface area contributed by atoms with Crippen LogP contribution in [0.15, 0.2) is 24.3 Å². The van der Waals surface area contributed by atoms with E-state index in [1.165, 1.54) is 0 Å². The molecule has 0 aliphatic heterocycles. The van der Waals surface area contributed by atoms with Crippen molar-refractivity contribution >= 4 is 23.5 Å². The smallest absolute Gasteiger partial charge is 0.308 e. The Labute approximate surface area is 151 Å². The number of aromatic nitrogens is 3. The van der Waals surface area contributed by atoms with Gasteiger partial charge in [-0.3, -0.25) is 9.59 Å². The number of carbonyl (C=O) groups excluding carboxylic acids is 1. The van der Waals surface area contributed by atoms with Crippen LogP contribution in [-0.4, -0.2) is 38.5 Å². The largest absolute Gasteiger partial charge is 0.481 e. The van der Waals surface area contributed by atoms with Crippen molar-refractivity contribution in [1.29, 1.82) is 0 Å². The number of carbonyl (C=O) groups is 2. The van der Waals surface area contributed by atoms with E-state index in [1.807, 2.05) is 19.9 Å². The Hall–Kier alpha value is -2.41. The summed E-state index contributed by atoms with van der Waals surface area (Å²) in [6, 6.07) is 7.10. The van der Waals surface area contributed by atoms with Crippen molar-refractivity contribution in [3.63, 3.8) is 0 Å². The zero-order valence-electron chi connectivity index (χ0n) is 14.2. The van der Waals surface area contributed by atoms with E-state index in [9.17, 15) is 14.7 Å². The third-order valence-electron chi connectivity index (χ3n) is 3.86. The number of amides is 1. The van der Waals surface area contributed by atoms with E-state index in [0.717, 1.165) is 6.42 Å². The van der Waals surface area contributed by atoms with Gasteiger partial charge in [-0.2, -0.15) is 0 Å². The second-order valence-corrected chi connectivity index (χ2v) is 6.10. The second kappa shape index (κ2) is 8.62. The van der Waals surface area contributed by atoms with Crippen LogP contribution in [0.2, 0.25) is 5.02 Å². The first kappa shape index (κ1) is 18.9. The summed E-state index contributed by atoms with van der Waals surface area (Å²) in [7, 11) is 0. The summed E-state index contributed by atoms with van der Waals surface area (Å²) in [5.74, 6) is -1.95. The maximum atomic E-state index is 12.4. The molecule has 0 saturated carbocycles. The van der Waals surface area contributed by atoms with Gasteiger partial charge in [-0.25, -0.2) is 4.68 Å². The van der Waals surface area contributed by atoms with Crippen molar-refractivity contribution in [2.45, 2.75) is 33.1 Å². The molecule has 1 amide bonds. The van der Waals surface area contributed by atoms with E-state index in [1.54, 1.807) is 22.9 Å². The minimum absolute atomic E-state index is 0.0647. The first-order chi connectivity index (χ1) is 12.0. The third kappa shape index (κ3) is 4.57. The molecule has 0 aliphatic carbocycles. The highest BCUT2D eigenvalue weighted by molar-refractivity contribution is 6.30. The number of hydrogen-bond acceptors (Lipinski definition) is 4. The van der Waals surface area contributed by atoms with Crippen LogP contribution in [0, 0.1) is 5.92 Å². The highest BCUT2D eigenvalue weighted by atomic mass is 35.5. The Morgan fingerprint density at radius 3 is 2.72 bits per heavy atom. The lowest BCUT2D eigenvalue weighted by Crippen LogP contribution is -2.33. The number of aliphatic carboxylic acids is 1. The molecule has 0 fully saturated rings. The van der Waals surface area contributed by atoms with Crippen molar-refractivity contribution in [2.24, 2.45) is 5.92 Å². The molecular weight excluding hydrogens is 344 g/mol. The minimum atomic E-state index is -0.916. The summed E-state index contributed by atoms with van der Waals surface area (Å²) in [5, 5.41) is 20.4. The van der Waals surface area contributed by atoms with E-state index in [4.69, 9.17) is 11.6 Å². The van der Waals surface area contributed by atoms with Crippen molar-refractivity contribution < 1.29 is 14.7 Å². The molecule has 0 bridgehead atoms. The number of nitrogens with one attached hydrogen (secondary N) is 1. The average Bonchev–Trinajstić information content (AvgIpc) is 3.02. The van der Waals surface area contributed by atoms with Crippen LogP contribution >= 0.6 is 11.6 Å². The summed E-state index contributed by atoms with van der Waals surface area (Å²) in [4.78, 5) is 23.6. The number of hydrogen-bond donors (Lipinski definition) is 2. The molecular formula is C17H21ClN4O3. The molecule has 0 saturated heterocycles. The van der Waals surface area contributed by atoms with Crippen LogP contribution in [0.5, 0.6) is 0 Å². The first-order valence-electron chi connectivity index (χ1n) is 8.19. The molecule has 7 nitrogen and oxygen atoms in total. The molecule has 134 valence electrons. The number of rotatable bonds is 8. The van der Waals surface area contributed by atoms with Crippen LogP contribution in [0.4, 0.5) is 0 Å². The number of carboxylic acids is 1. The van der Waals surface area contributed by atoms with Crippen LogP contribution in [0.1, 0.15) is 42.9 Å². The molecule has 0 spiro atoms. The van der Waals surface area contributed by atoms with Gasteiger partial charge in [0.05, 0.1) is 17.3 Å². The predicted octanol–water partition coefficient (Wildman–Crippen LogP) is 2.71. The zero-order chi connectivity index (χ0) is 18.4. The van der Waals surface area contributed by atoms with E-state index in [2.05, 4.69) is 15.6 Å². The molecule has 1 unspecified atom stereocenters. The fraction of sp³-hybridized carbons (Fsp3) is 0.412. The lowest BCUT2D eigenvalue weighted by Gasteiger charge is -2.12. The summed E-state index contributed by atoms with van der Waals surface area (Å²) >= 11 is 6.01. The molecule has 0 aliphatic rings. The monoisotopic (exact) mass is 364 g/mol. The Morgan fingerprint density at radius 2 is 2.12 bits per heavy atom. The van der Waals surface area contributed by atoms with Gasteiger partial charge in [-0.15, -0.1) is 5.10 Å². The summed E-state index contributed by atoms with van der Waals surface area (Å²) in [5.41, 5.74) is 1.55. The van der Waals surface area contributed by atoms with Crippen LogP contribution in [0.25, 0.3) is 5.69 Å². The molecule has 0 radical (unpaired) electrons. The third-order valence-corrected chi connectivity index (χ3v) is 4.10. The van der Waals surface area contributed by atoms with Gasteiger partial charge in [0.2, 0.25) is 0 Å². The molecule has 2 rings (SSSR count). The van der Waals surface area contributed by atoms with Crippen LogP contribution in [-0.2, 0) is 11.2 Å². The van der Waals surface area contributed by atoms with Gasteiger partial charge in [-0.05, 0) is 31.0 Å². The van der Waals surface area contributed by atoms with Gasteiger partial charge in [0.25, 0.3) is 5.91 Å². The normalized spacial score (nSPS) is 12.0. The SMILES string of the molecule is CCCC(CNC(=O)c1nnn(-c2cccc(Cl)c2)c1CC)C(=O)O. The summed E-state index contributed by atoms with van der Waals surface area (Å²) in [6.07, 6.45) is 1.78. The zero-order valence-corrected chi connectivity index (χ0v) is 15.0. The quantitative estimate of drug-likeness (QED) is 0.750. The second-order valence-electron chi connectivity index (χ2n) is 5.66. The Kier molecular flexibility index (Phi) is 6.52. The standard InChI is InChI=1S/C17H21ClN4O3/c1-3-6-11(17(24)25)10-19-16(23)15-14(4-2)22(21-20-15)13-8-5-7-12(18)9-13/h5,7-9,11H,3-4,6,10H2,1-2H3,(H,19,23)(H,24,25). The number of carboxylic acid groups (broad SMARTS) is 1. The first-order valence-corrected chi connectivity index (χ1v) is 8.57. The van der Waals surface area contributed by atoms with Gasteiger partial charge in [0.1, 0.15) is 0 Å². The topological polar surface area (TPSA) is 97.1 Å². The van der Waals surface area contributed by atoms with E-state index < -0.39 is 17.8 Å². The lowest BCUT2D eigenvalue weighted by atomic mass is 10.0. The minimum Gasteiger partial charge on any atom is -0.481 e. The Morgan fingerprint density at radius 1 is 1.36 bits per heavy atom. The predicted molar refractivity (Wildman–Crippen MR) is 94.1 cm³/mol. The maximum Gasteiger partial charge on any atom is 0.308 e. The van der Waals surface area contributed by atoms with Crippen molar-refractivity contribution in [3.8, 4) is 5.69 Å². The van der Waals surface area contributed by atoms with Gasteiger partial charge < -0.3 is 10.4 Å². The van der Waals surface area contributed by atoms with Gasteiger partial charge in [-0.1, -0.05) is 43.1 Å². The van der Waals surface area contributed by atoms with Gasteiger partial charge in [0.15, 0.2) is 5.69 Å². The van der Waals surface area contributed by atoms with E-state index >= 15 is 0 Å². The number of benzene rings is 1. The van der Waals surface area contributed by atoms with Crippen molar-refractivity contribution in [3.05, 3.63) is 40.7 Å².